The summed E-state index contributed by atoms with van der Waals surface area (Å²) in [6, 6.07) is 0. The average Bonchev–Trinajstić information content (AvgIpc) is 3.07. The number of carbonyl (C=O) groups is 2. The van der Waals surface area contributed by atoms with Gasteiger partial charge in [0.2, 0.25) is 11.8 Å². The zero-order valence-electron chi connectivity index (χ0n) is 31.8. The number of amides is 2. The van der Waals surface area contributed by atoms with Crippen LogP contribution in [0.3, 0.4) is 0 Å². The molecular formula is C40H83N5O2. The molecule has 0 bridgehead atoms. The van der Waals surface area contributed by atoms with Crippen molar-refractivity contribution in [3.05, 3.63) is 0 Å². The highest BCUT2D eigenvalue weighted by atomic mass is 16.2. The number of hydrogen-bond donors (Lipinski definition) is 5. The molecule has 280 valence electrons. The predicted molar refractivity (Wildman–Crippen MR) is 205 cm³/mol. The van der Waals surface area contributed by atoms with Crippen molar-refractivity contribution in [1.29, 1.82) is 0 Å². The lowest BCUT2D eigenvalue weighted by Crippen LogP contribution is -2.37. The molecule has 0 aromatic heterocycles. The van der Waals surface area contributed by atoms with Gasteiger partial charge in [0.25, 0.3) is 0 Å². The Bertz CT molecular complexity index is 582. The molecule has 0 heterocycles. The second-order valence-corrected chi connectivity index (χ2v) is 13.9. The molecule has 0 saturated heterocycles. The van der Waals surface area contributed by atoms with Crippen LogP contribution >= 0.6 is 0 Å². The van der Waals surface area contributed by atoms with Crippen molar-refractivity contribution in [2.45, 2.75) is 194 Å². The fourth-order valence-corrected chi connectivity index (χ4v) is 6.09. The first-order valence-corrected chi connectivity index (χ1v) is 20.9. The third-order valence-electron chi connectivity index (χ3n) is 9.22. The minimum absolute atomic E-state index is 0.190. The Kier molecular flexibility index (Phi) is 40.0. The molecule has 0 unspecified atom stereocenters. The Morgan fingerprint density at radius 1 is 0.298 bits per heavy atom. The summed E-state index contributed by atoms with van der Waals surface area (Å²) in [6.45, 7) is 11.2. The van der Waals surface area contributed by atoms with Gasteiger partial charge in [-0.05, 0) is 12.8 Å². The second-order valence-electron chi connectivity index (χ2n) is 13.9. The first kappa shape index (κ1) is 45.8. The Hall–Kier alpha value is -1.18. The molecule has 0 aromatic rings. The predicted octanol–water partition coefficient (Wildman–Crippen LogP) is 8.95. The lowest BCUT2D eigenvalue weighted by molar-refractivity contribution is -0.122. The maximum atomic E-state index is 12.0. The van der Waals surface area contributed by atoms with E-state index in [4.69, 9.17) is 0 Å². The fraction of sp³-hybridized carbons (Fsp3) is 0.950. The van der Waals surface area contributed by atoms with Gasteiger partial charge in [-0.25, -0.2) is 0 Å². The Balaban J connectivity index is 3.22. The van der Waals surface area contributed by atoms with Crippen LogP contribution in [0.4, 0.5) is 0 Å². The summed E-state index contributed by atoms with van der Waals surface area (Å²) >= 11 is 0. The van der Waals surface area contributed by atoms with Crippen LogP contribution in [-0.2, 0) is 9.59 Å². The quantitative estimate of drug-likeness (QED) is 0.0422. The van der Waals surface area contributed by atoms with Gasteiger partial charge in [0, 0.05) is 65.2 Å². The molecule has 47 heavy (non-hydrogen) atoms. The van der Waals surface area contributed by atoms with Crippen LogP contribution in [0, 0.1) is 0 Å². The first-order valence-electron chi connectivity index (χ1n) is 20.9. The van der Waals surface area contributed by atoms with Crippen LogP contribution < -0.4 is 26.6 Å². The summed E-state index contributed by atoms with van der Waals surface area (Å²) in [4.78, 5) is 24.0. The van der Waals surface area contributed by atoms with Crippen LogP contribution in [0.25, 0.3) is 0 Å². The van der Waals surface area contributed by atoms with Crippen molar-refractivity contribution >= 4 is 11.8 Å². The van der Waals surface area contributed by atoms with E-state index in [9.17, 15) is 9.59 Å². The minimum Gasteiger partial charge on any atom is -0.355 e. The molecule has 7 heteroatoms. The molecule has 0 atom stereocenters. The van der Waals surface area contributed by atoms with Crippen LogP contribution in [0.5, 0.6) is 0 Å². The van der Waals surface area contributed by atoms with Crippen molar-refractivity contribution < 1.29 is 9.59 Å². The molecule has 0 fully saturated rings. The SMILES string of the molecule is CCCCCCCCCCCCCCCC(=O)NCCNCCNCCNCCNC(=O)CCCCCCCCCCCCCCC. The monoisotopic (exact) mass is 666 g/mol. The van der Waals surface area contributed by atoms with Crippen LogP contribution in [0.1, 0.15) is 194 Å². The molecule has 0 spiro atoms. The van der Waals surface area contributed by atoms with Gasteiger partial charge in [0.1, 0.15) is 0 Å². The third-order valence-corrected chi connectivity index (χ3v) is 9.22. The van der Waals surface area contributed by atoms with Crippen LogP contribution in [0.2, 0.25) is 0 Å². The Labute approximate surface area is 293 Å². The van der Waals surface area contributed by atoms with Crippen molar-refractivity contribution in [2.75, 3.05) is 52.4 Å². The number of rotatable bonds is 40. The van der Waals surface area contributed by atoms with E-state index in [0.29, 0.717) is 25.9 Å². The van der Waals surface area contributed by atoms with E-state index in [0.717, 1.165) is 52.1 Å². The zero-order chi connectivity index (χ0) is 34.1. The Morgan fingerprint density at radius 3 is 0.766 bits per heavy atom. The molecule has 2 amide bonds. The molecule has 0 aliphatic rings. The standard InChI is InChI=1S/C40H83N5O2/c1-3-5-7-9-11-13-15-17-19-21-23-25-27-29-39(46)44-37-35-42-33-31-41-32-34-43-36-38-45-40(47)30-28-26-24-22-20-18-16-14-12-10-8-6-4-2/h41-43H,3-38H2,1-2H3,(H,44,46)(H,45,47). The molecule has 0 aromatic carbocycles. The summed E-state index contributed by atoms with van der Waals surface area (Å²) in [7, 11) is 0. The lowest BCUT2D eigenvalue weighted by Gasteiger charge is -2.09. The highest BCUT2D eigenvalue weighted by molar-refractivity contribution is 5.76. The van der Waals surface area contributed by atoms with E-state index >= 15 is 0 Å². The number of nitrogens with one attached hydrogen (secondary N) is 5. The number of carbonyl (C=O) groups excluding carboxylic acids is 2. The second kappa shape index (κ2) is 41.0. The van der Waals surface area contributed by atoms with Gasteiger partial charge < -0.3 is 26.6 Å². The normalized spacial score (nSPS) is 11.3. The third kappa shape index (κ3) is 40.9. The van der Waals surface area contributed by atoms with Crippen molar-refractivity contribution in [3.8, 4) is 0 Å². The molecule has 7 nitrogen and oxygen atoms in total. The van der Waals surface area contributed by atoms with Gasteiger partial charge in [-0.2, -0.15) is 0 Å². The summed E-state index contributed by atoms with van der Waals surface area (Å²) < 4.78 is 0. The highest BCUT2D eigenvalue weighted by Crippen LogP contribution is 2.14. The maximum absolute atomic E-state index is 12.0. The van der Waals surface area contributed by atoms with Gasteiger partial charge in [0.05, 0.1) is 0 Å². The zero-order valence-corrected chi connectivity index (χ0v) is 31.8. The van der Waals surface area contributed by atoms with Crippen molar-refractivity contribution in [2.24, 2.45) is 0 Å². The summed E-state index contributed by atoms with van der Waals surface area (Å²) in [5, 5.41) is 16.3. The summed E-state index contributed by atoms with van der Waals surface area (Å²) in [5.74, 6) is 0.379. The first-order chi connectivity index (χ1) is 23.2. The average molecular weight is 666 g/mol. The smallest absolute Gasteiger partial charge is 0.220 e. The summed E-state index contributed by atoms with van der Waals surface area (Å²) in [6.07, 6.45) is 36.0. The molecule has 0 aliphatic carbocycles. The van der Waals surface area contributed by atoms with Gasteiger partial charge in [-0.3, -0.25) is 9.59 Å². The van der Waals surface area contributed by atoms with Crippen molar-refractivity contribution in [3.63, 3.8) is 0 Å². The lowest BCUT2D eigenvalue weighted by atomic mass is 10.0. The molecule has 0 radical (unpaired) electrons. The van der Waals surface area contributed by atoms with E-state index in [1.54, 1.807) is 0 Å². The summed E-state index contributed by atoms with van der Waals surface area (Å²) in [5.41, 5.74) is 0. The number of unbranched alkanes of at least 4 members (excludes halogenated alkanes) is 24. The van der Waals surface area contributed by atoms with Crippen LogP contribution in [-0.4, -0.2) is 64.2 Å². The highest BCUT2D eigenvalue weighted by Gasteiger charge is 2.02. The van der Waals surface area contributed by atoms with Gasteiger partial charge in [-0.1, -0.05) is 168 Å². The van der Waals surface area contributed by atoms with E-state index < -0.39 is 0 Å². The largest absolute Gasteiger partial charge is 0.355 e. The van der Waals surface area contributed by atoms with E-state index in [2.05, 4.69) is 40.4 Å². The maximum Gasteiger partial charge on any atom is 0.220 e. The van der Waals surface area contributed by atoms with Crippen LogP contribution in [0.15, 0.2) is 0 Å². The Morgan fingerprint density at radius 2 is 0.511 bits per heavy atom. The van der Waals surface area contributed by atoms with E-state index in [-0.39, 0.29) is 11.8 Å². The van der Waals surface area contributed by atoms with E-state index in [1.165, 1.54) is 154 Å². The molecule has 5 N–H and O–H groups in total. The molecule has 0 rings (SSSR count). The number of hydrogen-bond acceptors (Lipinski definition) is 5. The molecular weight excluding hydrogens is 582 g/mol. The van der Waals surface area contributed by atoms with Crippen molar-refractivity contribution in [1.82, 2.24) is 26.6 Å². The topological polar surface area (TPSA) is 94.3 Å². The minimum atomic E-state index is 0.190. The molecule has 0 aliphatic heterocycles. The molecule has 0 saturated carbocycles. The van der Waals surface area contributed by atoms with Gasteiger partial charge in [0.15, 0.2) is 0 Å². The van der Waals surface area contributed by atoms with E-state index in [1.807, 2.05) is 0 Å². The van der Waals surface area contributed by atoms with Gasteiger partial charge in [-0.15, -0.1) is 0 Å². The fourth-order valence-electron chi connectivity index (χ4n) is 6.09. The van der Waals surface area contributed by atoms with Gasteiger partial charge >= 0.3 is 0 Å².